The van der Waals surface area contributed by atoms with Crippen LogP contribution in [0, 0.1) is 0 Å². The van der Waals surface area contributed by atoms with E-state index < -0.39 is 0 Å². The number of carbonyl (C=O) groups is 2. The number of hydrogen-bond donors (Lipinski definition) is 0. The summed E-state index contributed by atoms with van der Waals surface area (Å²) in [6.45, 7) is 3.60. The largest absolute Gasteiger partial charge is 0.315 e. The van der Waals surface area contributed by atoms with Gasteiger partial charge in [0, 0.05) is 25.6 Å². The number of amides is 1. The van der Waals surface area contributed by atoms with Crippen LogP contribution in [-0.2, 0) is 16.0 Å². The lowest BCUT2D eigenvalue weighted by atomic mass is 10.1. The van der Waals surface area contributed by atoms with E-state index in [1.807, 2.05) is 24.3 Å². The van der Waals surface area contributed by atoms with E-state index >= 15 is 0 Å². The summed E-state index contributed by atoms with van der Waals surface area (Å²) in [5.41, 5.74) is 2.12. The van der Waals surface area contributed by atoms with Gasteiger partial charge in [0.2, 0.25) is 5.91 Å². The first kappa shape index (κ1) is 13.4. The van der Waals surface area contributed by atoms with Gasteiger partial charge in [-0.2, -0.15) is 0 Å². The van der Waals surface area contributed by atoms with Crippen LogP contribution in [0.4, 0.5) is 5.69 Å². The van der Waals surface area contributed by atoms with E-state index in [0.29, 0.717) is 6.42 Å². The number of hydrogen-bond acceptors (Lipinski definition) is 2. The van der Waals surface area contributed by atoms with Crippen molar-refractivity contribution in [2.75, 3.05) is 11.9 Å². The molecule has 0 fully saturated rings. The highest BCUT2D eigenvalue weighted by atomic mass is 16.2. The molecule has 0 aliphatic carbocycles. The minimum atomic E-state index is -0.0237. The van der Waals surface area contributed by atoms with Crippen LogP contribution in [0.5, 0.6) is 0 Å². The molecule has 0 N–H and O–H groups in total. The standard InChI is InChI=1S/C14H19NO2/c1-4-12-6-8-13(9-7-12)15(3)14(17)10-5-11(2)16/h6-9H,4-5,10H2,1-3H3. The third kappa shape index (κ3) is 4.02. The van der Waals surface area contributed by atoms with E-state index in [2.05, 4.69) is 6.92 Å². The number of anilines is 1. The van der Waals surface area contributed by atoms with E-state index in [-0.39, 0.29) is 18.1 Å². The lowest BCUT2D eigenvalue weighted by molar-refractivity contribution is -0.122. The summed E-state index contributed by atoms with van der Waals surface area (Å²) in [4.78, 5) is 24.2. The van der Waals surface area contributed by atoms with Crippen molar-refractivity contribution in [1.82, 2.24) is 0 Å². The molecule has 92 valence electrons. The molecule has 1 aromatic carbocycles. The third-order valence-electron chi connectivity index (χ3n) is 2.80. The van der Waals surface area contributed by atoms with Crippen LogP contribution < -0.4 is 4.90 Å². The number of nitrogens with zero attached hydrogens (tertiary/aromatic N) is 1. The summed E-state index contributed by atoms with van der Waals surface area (Å²) >= 11 is 0. The predicted octanol–water partition coefficient (Wildman–Crippen LogP) is 2.58. The number of aryl methyl sites for hydroxylation is 1. The number of benzene rings is 1. The molecule has 0 aromatic heterocycles. The first-order chi connectivity index (χ1) is 8.04. The Morgan fingerprint density at radius 3 is 2.18 bits per heavy atom. The highest BCUT2D eigenvalue weighted by Gasteiger charge is 2.11. The predicted molar refractivity (Wildman–Crippen MR) is 69.1 cm³/mol. The molecule has 3 nitrogen and oxygen atoms in total. The molecule has 0 saturated carbocycles. The molecule has 1 amide bonds. The second-order valence-electron chi connectivity index (χ2n) is 4.17. The van der Waals surface area contributed by atoms with Crippen molar-refractivity contribution < 1.29 is 9.59 Å². The van der Waals surface area contributed by atoms with Gasteiger partial charge in [-0.15, -0.1) is 0 Å². The molecule has 0 aliphatic rings. The Balaban J connectivity index is 2.64. The molecule has 0 radical (unpaired) electrons. The Bertz CT molecular complexity index is 395. The van der Waals surface area contributed by atoms with Gasteiger partial charge in [-0.3, -0.25) is 4.79 Å². The van der Waals surface area contributed by atoms with Crippen molar-refractivity contribution in [3.63, 3.8) is 0 Å². The van der Waals surface area contributed by atoms with Crippen molar-refractivity contribution >= 4 is 17.4 Å². The van der Waals surface area contributed by atoms with E-state index in [0.717, 1.165) is 12.1 Å². The van der Waals surface area contributed by atoms with Crippen LogP contribution in [0.2, 0.25) is 0 Å². The summed E-state index contributed by atoms with van der Waals surface area (Å²) in [7, 11) is 1.74. The molecule has 1 rings (SSSR count). The van der Waals surface area contributed by atoms with Gasteiger partial charge in [-0.05, 0) is 31.0 Å². The number of ketones is 1. The second-order valence-corrected chi connectivity index (χ2v) is 4.17. The van der Waals surface area contributed by atoms with E-state index in [4.69, 9.17) is 0 Å². The zero-order valence-electron chi connectivity index (χ0n) is 10.7. The maximum atomic E-state index is 11.8. The van der Waals surface area contributed by atoms with Crippen molar-refractivity contribution in [3.8, 4) is 0 Å². The molecule has 1 aromatic rings. The van der Waals surface area contributed by atoms with E-state index in [1.54, 1.807) is 11.9 Å². The topological polar surface area (TPSA) is 37.4 Å². The Labute approximate surface area is 102 Å². The zero-order valence-corrected chi connectivity index (χ0v) is 10.7. The molecule has 3 heteroatoms. The highest BCUT2D eigenvalue weighted by Crippen LogP contribution is 2.15. The number of Topliss-reactive ketones (excluding diaryl/α,β-unsaturated/α-hetero) is 1. The summed E-state index contributed by atoms with van der Waals surface area (Å²) in [6, 6.07) is 7.91. The summed E-state index contributed by atoms with van der Waals surface area (Å²) in [5.74, 6) is 0.0255. The normalized spacial score (nSPS) is 10.1. The van der Waals surface area contributed by atoms with Crippen LogP contribution in [0.15, 0.2) is 24.3 Å². The second kappa shape index (κ2) is 6.18. The van der Waals surface area contributed by atoms with Gasteiger partial charge in [0.1, 0.15) is 5.78 Å². The monoisotopic (exact) mass is 233 g/mol. The van der Waals surface area contributed by atoms with Crippen LogP contribution in [0.1, 0.15) is 32.3 Å². The Kier molecular flexibility index (Phi) is 4.88. The average molecular weight is 233 g/mol. The highest BCUT2D eigenvalue weighted by molar-refractivity contribution is 5.94. The third-order valence-corrected chi connectivity index (χ3v) is 2.80. The van der Waals surface area contributed by atoms with Crippen LogP contribution in [-0.4, -0.2) is 18.7 Å². The molecular formula is C14H19NO2. The summed E-state index contributed by atoms with van der Waals surface area (Å²) < 4.78 is 0. The quantitative estimate of drug-likeness (QED) is 0.784. The van der Waals surface area contributed by atoms with Crippen molar-refractivity contribution in [3.05, 3.63) is 29.8 Å². The Morgan fingerprint density at radius 1 is 1.12 bits per heavy atom. The molecule has 0 saturated heterocycles. The van der Waals surface area contributed by atoms with Crippen LogP contribution in [0.3, 0.4) is 0 Å². The van der Waals surface area contributed by atoms with E-state index in [9.17, 15) is 9.59 Å². The van der Waals surface area contributed by atoms with Crippen molar-refractivity contribution in [2.24, 2.45) is 0 Å². The lowest BCUT2D eigenvalue weighted by Gasteiger charge is -2.17. The Hall–Kier alpha value is -1.64. The molecule has 0 spiro atoms. The molecule has 0 atom stereocenters. The lowest BCUT2D eigenvalue weighted by Crippen LogP contribution is -2.26. The maximum Gasteiger partial charge on any atom is 0.227 e. The Morgan fingerprint density at radius 2 is 1.71 bits per heavy atom. The molecule has 17 heavy (non-hydrogen) atoms. The molecular weight excluding hydrogens is 214 g/mol. The minimum absolute atomic E-state index is 0.0237. The molecule has 0 heterocycles. The van der Waals surface area contributed by atoms with Gasteiger partial charge < -0.3 is 9.69 Å². The molecule has 0 bridgehead atoms. The van der Waals surface area contributed by atoms with Crippen molar-refractivity contribution in [2.45, 2.75) is 33.1 Å². The fourth-order valence-electron chi connectivity index (χ4n) is 1.55. The first-order valence-corrected chi connectivity index (χ1v) is 5.89. The first-order valence-electron chi connectivity index (χ1n) is 5.89. The van der Waals surface area contributed by atoms with Gasteiger partial charge in [0.15, 0.2) is 0 Å². The fraction of sp³-hybridized carbons (Fsp3) is 0.429. The summed E-state index contributed by atoms with van der Waals surface area (Å²) in [6.07, 6.45) is 1.58. The molecule has 0 aliphatic heterocycles. The molecule has 0 unspecified atom stereocenters. The SMILES string of the molecule is CCc1ccc(N(C)C(=O)CCC(C)=O)cc1. The minimum Gasteiger partial charge on any atom is -0.315 e. The van der Waals surface area contributed by atoms with Gasteiger partial charge >= 0.3 is 0 Å². The van der Waals surface area contributed by atoms with Crippen LogP contribution >= 0.6 is 0 Å². The fourth-order valence-corrected chi connectivity index (χ4v) is 1.55. The van der Waals surface area contributed by atoms with Gasteiger partial charge in [-0.1, -0.05) is 19.1 Å². The number of rotatable bonds is 5. The van der Waals surface area contributed by atoms with Gasteiger partial charge in [0.05, 0.1) is 0 Å². The number of carbonyl (C=O) groups excluding carboxylic acids is 2. The maximum absolute atomic E-state index is 11.8. The average Bonchev–Trinajstić information content (AvgIpc) is 2.35. The van der Waals surface area contributed by atoms with Gasteiger partial charge in [0.25, 0.3) is 0 Å². The van der Waals surface area contributed by atoms with Crippen molar-refractivity contribution in [1.29, 1.82) is 0 Å². The smallest absolute Gasteiger partial charge is 0.227 e. The van der Waals surface area contributed by atoms with Gasteiger partial charge in [-0.25, -0.2) is 0 Å². The van der Waals surface area contributed by atoms with E-state index in [1.165, 1.54) is 12.5 Å². The zero-order chi connectivity index (χ0) is 12.8. The summed E-state index contributed by atoms with van der Waals surface area (Å²) in [5, 5.41) is 0. The van der Waals surface area contributed by atoms with Crippen LogP contribution in [0.25, 0.3) is 0 Å².